The van der Waals surface area contributed by atoms with Crippen LogP contribution in [0.4, 0.5) is 0 Å². The summed E-state index contributed by atoms with van der Waals surface area (Å²) in [6, 6.07) is 6.97. The Balaban J connectivity index is 2.02. The van der Waals surface area contributed by atoms with Gasteiger partial charge >= 0.3 is 0 Å². The van der Waals surface area contributed by atoms with Crippen molar-refractivity contribution in [3.05, 3.63) is 46.9 Å². The van der Waals surface area contributed by atoms with Crippen molar-refractivity contribution < 1.29 is 9.21 Å². The molecule has 3 heterocycles. The van der Waals surface area contributed by atoms with Gasteiger partial charge in [0.1, 0.15) is 5.69 Å². The molecule has 0 bridgehead atoms. The Labute approximate surface area is 143 Å². The summed E-state index contributed by atoms with van der Waals surface area (Å²) in [5.41, 5.74) is 1.77. The molecular formula is C17H15ClN4O2. The maximum Gasteiger partial charge on any atom is 0.176 e. The van der Waals surface area contributed by atoms with Gasteiger partial charge in [-0.3, -0.25) is 4.79 Å². The summed E-state index contributed by atoms with van der Waals surface area (Å²) in [7, 11) is 0. The SMILES string of the molecule is CC1(C)CCC(=O)c2c(-c3ccco3)nn(-c3ccc(Cl)nn3)c21. The number of carbonyl (C=O) groups excluding carboxylic acids is 1. The Morgan fingerprint density at radius 1 is 1.25 bits per heavy atom. The molecule has 0 saturated heterocycles. The van der Waals surface area contributed by atoms with Crippen molar-refractivity contribution in [3.63, 3.8) is 0 Å². The van der Waals surface area contributed by atoms with Gasteiger partial charge < -0.3 is 4.42 Å². The minimum absolute atomic E-state index is 0.0731. The Bertz CT molecular complexity index is 911. The fourth-order valence-corrected chi connectivity index (χ4v) is 3.25. The second-order valence-electron chi connectivity index (χ2n) is 6.48. The smallest absolute Gasteiger partial charge is 0.176 e. The number of rotatable bonds is 2. The first-order valence-electron chi connectivity index (χ1n) is 7.67. The van der Waals surface area contributed by atoms with Crippen molar-refractivity contribution >= 4 is 17.4 Å². The van der Waals surface area contributed by atoms with Crippen LogP contribution in [-0.4, -0.2) is 25.8 Å². The zero-order valence-corrected chi connectivity index (χ0v) is 14.0. The lowest BCUT2D eigenvalue weighted by Crippen LogP contribution is -2.29. The highest BCUT2D eigenvalue weighted by molar-refractivity contribution is 6.29. The molecule has 0 fully saturated rings. The van der Waals surface area contributed by atoms with E-state index in [0.717, 1.165) is 12.1 Å². The van der Waals surface area contributed by atoms with Crippen molar-refractivity contribution in [2.45, 2.75) is 32.1 Å². The van der Waals surface area contributed by atoms with Gasteiger partial charge in [0.25, 0.3) is 0 Å². The molecular weight excluding hydrogens is 328 g/mol. The Kier molecular flexibility index (Phi) is 3.31. The van der Waals surface area contributed by atoms with Crippen LogP contribution in [0.15, 0.2) is 34.9 Å². The van der Waals surface area contributed by atoms with E-state index in [0.29, 0.717) is 34.4 Å². The Morgan fingerprint density at radius 3 is 2.75 bits per heavy atom. The lowest BCUT2D eigenvalue weighted by Gasteiger charge is -2.30. The third-order valence-electron chi connectivity index (χ3n) is 4.37. The van der Waals surface area contributed by atoms with Crippen molar-refractivity contribution in [3.8, 4) is 17.3 Å². The zero-order chi connectivity index (χ0) is 16.9. The molecule has 1 aliphatic carbocycles. The predicted octanol–water partition coefficient (Wildman–Crippen LogP) is 3.83. The van der Waals surface area contributed by atoms with Crippen LogP contribution in [0.2, 0.25) is 5.15 Å². The molecule has 0 unspecified atom stereocenters. The van der Waals surface area contributed by atoms with Gasteiger partial charge in [-0.05, 0) is 30.7 Å². The molecule has 1 aliphatic rings. The van der Waals surface area contributed by atoms with Crippen LogP contribution in [0.25, 0.3) is 17.3 Å². The van der Waals surface area contributed by atoms with Crippen LogP contribution in [0, 0.1) is 0 Å². The van der Waals surface area contributed by atoms with Crippen LogP contribution in [0.3, 0.4) is 0 Å². The molecule has 24 heavy (non-hydrogen) atoms. The molecule has 0 aromatic carbocycles. The van der Waals surface area contributed by atoms with E-state index in [-0.39, 0.29) is 11.2 Å². The molecule has 3 aromatic heterocycles. The summed E-state index contributed by atoms with van der Waals surface area (Å²) >= 11 is 5.84. The first kappa shape index (κ1) is 15.1. The van der Waals surface area contributed by atoms with Crippen molar-refractivity contribution in [1.29, 1.82) is 0 Å². The summed E-state index contributed by atoms with van der Waals surface area (Å²) in [4.78, 5) is 12.6. The molecule has 0 aliphatic heterocycles. The predicted molar refractivity (Wildman–Crippen MR) is 88.5 cm³/mol. The molecule has 4 rings (SSSR count). The zero-order valence-electron chi connectivity index (χ0n) is 13.3. The molecule has 3 aromatic rings. The average molecular weight is 343 g/mol. The number of furan rings is 1. The van der Waals surface area contributed by atoms with Gasteiger partial charge in [0.15, 0.2) is 22.5 Å². The van der Waals surface area contributed by atoms with Gasteiger partial charge in [-0.15, -0.1) is 10.2 Å². The largest absolute Gasteiger partial charge is 0.463 e. The topological polar surface area (TPSA) is 73.8 Å². The lowest BCUT2D eigenvalue weighted by atomic mass is 9.75. The number of halogens is 1. The number of fused-ring (bicyclic) bond motifs is 1. The van der Waals surface area contributed by atoms with E-state index in [1.807, 2.05) is 0 Å². The van der Waals surface area contributed by atoms with Crippen molar-refractivity contribution in [2.24, 2.45) is 0 Å². The molecule has 6 nitrogen and oxygen atoms in total. The minimum atomic E-state index is -0.220. The second-order valence-corrected chi connectivity index (χ2v) is 6.87. The van der Waals surface area contributed by atoms with Crippen molar-refractivity contribution in [1.82, 2.24) is 20.0 Å². The Hall–Kier alpha value is -2.47. The Morgan fingerprint density at radius 2 is 2.08 bits per heavy atom. The number of Topliss-reactive ketones (excluding diaryl/α,β-unsaturated/α-hetero) is 1. The van der Waals surface area contributed by atoms with Crippen molar-refractivity contribution in [2.75, 3.05) is 0 Å². The molecule has 122 valence electrons. The summed E-state index contributed by atoms with van der Waals surface area (Å²) in [6.07, 6.45) is 2.82. The van der Waals surface area contributed by atoms with Crippen LogP contribution < -0.4 is 0 Å². The number of hydrogen-bond acceptors (Lipinski definition) is 5. The monoisotopic (exact) mass is 342 g/mol. The van der Waals surface area contributed by atoms with Gasteiger partial charge in [0.05, 0.1) is 17.5 Å². The fraction of sp³-hybridized carbons (Fsp3) is 0.294. The number of hydrogen-bond donors (Lipinski definition) is 0. The lowest BCUT2D eigenvalue weighted by molar-refractivity contribution is 0.0956. The van der Waals surface area contributed by atoms with Crippen LogP contribution in [0.5, 0.6) is 0 Å². The maximum atomic E-state index is 12.6. The van der Waals surface area contributed by atoms with E-state index in [4.69, 9.17) is 16.0 Å². The van der Waals surface area contributed by atoms with Crippen LogP contribution in [-0.2, 0) is 5.41 Å². The number of nitrogens with zero attached hydrogens (tertiary/aromatic N) is 4. The molecule has 0 atom stereocenters. The minimum Gasteiger partial charge on any atom is -0.463 e. The fourth-order valence-electron chi connectivity index (χ4n) is 3.15. The number of ketones is 1. The van der Waals surface area contributed by atoms with E-state index < -0.39 is 0 Å². The van der Waals surface area contributed by atoms with Crippen LogP contribution in [0.1, 0.15) is 42.7 Å². The van der Waals surface area contributed by atoms with Gasteiger partial charge in [-0.1, -0.05) is 25.4 Å². The third-order valence-corrected chi connectivity index (χ3v) is 4.57. The summed E-state index contributed by atoms with van der Waals surface area (Å²) in [5, 5.41) is 13.0. The highest BCUT2D eigenvalue weighted by atomic mass is 35.5. The second kappa shape index (κ2) is 5.27. The first-order valence-corrected chi connectivity index (χ1v) is 8.05. The van der Waals surface area contributed by atoms with E-state index in [9.17, 15) is 4.79 Å². The molecule has 0 N–H and O–H groups in total. The first-order chi connectivity index (χ1) is 11.5. The highest BCUT2D eigenvalue weighted by Crippen LogP contribution is 2.41. The number of aromatic nitrogens is 4. The maximum absolute atomic E-state index is 12.6. The summed E-state index contributed by atoms with van der Waals surface area (Å²) in [6.45, 7) is 4.21. The molecule has 0 spiro atoms. The molecule has 0 radical (unpaired) electrons. The van der Waals surface area contributed by atoms with E-state index >= 15 is 0 Å². The molecule has 0 amide bonds. The molecule has 0 saturated carbocycles. The standard InChI is InChI=1S/C17H15ClN4O2/c1-17(2)8-7-10(23)14-15(11-4-3-9-24-11)21-22(16(14)17)13-6-5-12(18)19-20-13/h3-6,9H,7-8H2,1-2H3. The summed E-state index contributed by atoms with van der Waals surface area (Å²) in [5.74, 6) is 1.16. The van der Waals surface area contributed by atoms with Gasteiger partial charge in [0.2, 0.25) is 0 Å². The molecule has 7 heteroatoms. The van der Waals surface area contributed by atoms with Gasteiger partial charge in [-0.25, -0.2) is 4.68 Å². The highest BCUT2D eigenvalue weighted by Gasteiger charge is 2.39. The van der Waals surface area contributed by atoms with E-state index in [1.54, 1.807) is 35.2 Å². The third kappa shape index (κ3) is 2.26. The average Bonchev–Trinajstić information content (AvgIpc) is 3.20. The normalized spacial score (nSPS) is 16.2. The quantitative estimate of drug-likeness (QED) is 0.707. The summed E-state index contributed by atoms with van der Waals surface area (Å²) < 4.78 is 7.17. The van der Waals surface area contributed by atoms with E-state index in [1.165, 1.54) is 0 Å². The van der Waals surface area contributed by atoms with Crippen LogP contribution >= 0.6 is 11.6 Å². The van der Waals surface area contributed by atoms with Gasteiger partial charge in [-0.2, -0.15) is 5.10 Å². The van der Waals surface area contributed by atoms with E-state index in [2.05, 4.69) is 29.1 Å². The number of carbonyl (C=O) groups is 1. The van der Waals surface area contributed by atoms with Gasteiger partial charge in [0, 0.05) is 11.8 Å².